The Labute approximate surface area is 183 Å². The first-order valence-electron chi connectivity index (χ1n) is 9.09. The zero-order valence-corrected chi connectivity index (χ0v) is 18.6. The maximum atomic E-state index is 13.3. The molecule has 1 heterocycles. The highest BCUT2D eigenvalue weighted by Gasteiger charge is 2.37. The first kappa shape index (κ1) is 23.1. The molecule has 0 saturated carbocycles. The van der Waals surface area contributed by atoms with Crippen molar-refractivity contribution in [3.63, 3.8) is 0 Å². The first-order valence-corrected chi connectivity index (χ1v) is 11.7. The predicted octanol–water partition coefficient (Wildman–Crippen LogP) is 3.60. The van der Waals surface area contributed by atoms with Crippen LogP contribution in [0.1, 0.15) is 21.3 Å². The summed E-state index contributed by atoms with van der Waals surface area (Å²) in [5.41, 5.74) is 0.319. The van der Waals surface area contributed by atoms with E-state index >= 15 is 0 Å². The summed E-state index contributed by atoms with van der Waals surface area (Å²) < 4.78 is 66.6. The van der Waals surface area contributed by atoms with Gasteiger partial charge in [-0.15, -0.1) is 11.8 Å². The average molecular weight is 474 g/mol. The van der Waals surface area contributed by atoms with Gasteiger partial charge >= 0.3 is 5.76 Å². The number of rotatable bonds is 7. The lowest BCUT2D eigenvalue weighted by Crippen LogP contribution is -2.32. The quantitative estimate of drug-likeness (QED) is 0.608. The SMILES string of the molecule is COc1cc(OC)c(C2SCCN2C(=O)c2ccccc2S(=O)(=O)C(F)F)cc1OC. The number of ether oxygens (including phenoxy) is 3. The fourth-order valence-corrected chi connectivity index (χ4v) is 5.52. The van der Waals surface area contributed by atoms with Gasteiger partial charge in [0, 0.05) is 23.9 Å². The van der Waals surface area contributed by atoms with Gasteiger partial charge in [-0.2, -0.15) is 8.78 Å². The van der Waals surface area contributed by atoms with Gasteiger partial charge < -0.3 is 19.1 Å². The Hall–Kier alpha value is -2.53. The summed E-state index contributed by atoms with van der Waals surface area (Å²) in [6.07, 6.45) is 0. The third kappa shape index (κ3) is 4.29. The molecule has 3 rings (SSSR count). The van der Waals surface area contributed by atoms with E-state index in [4.69, 9.17) is 14.2 Å². The second-order valence-electron chi connectivity index (χ2n) is 6.47. The standard InChI is InChI=1S/C20H21F2NO6S2/c1-27-14-11-16(29-3)15(28-2)10-13(14)19-23(8-9-30-19)18(24)12-6-4-5-7-17(12)31(25,26)20(21)22/h4-7,10-11,19-20H,8-9H2,1-3H3. The smallest absolute Gasteiger partial charge is 0.341 e. The van der Waals surface area contributed by atoms with Crippen molar-refractivity contribution in [3.8, 4) is 17.2 Å². The zero-order chi connectivity index (χ0) is 22.8. The van der Waals surface area contributed by atoms with E-state index in [1.807, 2.05) is 0 Å². The van der Waals surface area contributed by atoms with E-state index in [-0.39, 0.29) is 5.56 Å². The number of carbonyl (C=O) groups is 1. The van der Waals surface area contributed by atoms with Crippen molar-refractivity contribution in [3.05, 3.63) is 47.5 Å². The Bertz CT molecular complexity index is 1080. The highest BCUT2D eigenvalue weighted by atomic mass is 32.2. The second kappa shape index (κ2) is 9.31. The van der Waals surface area contributed by atoms with Gasteiger partial charge in [-0.05, 0) is 18.2 Å². The Morgan fingerprint density at radius 2 is 1.68 bits per heavy atom. The fraction of sp³-hybridized carbons (Fsp3) is 0.350. The highest BCUT2D eigenvalue weighted by Crippen LogP contribution is 2.46. The molecule has 1 fully saturated rings. The largest absolute Gasteiger partial charge is 0.496 e. The van der Waals surface area contributed by atoms with Crippen molar-refractivity contribution in [1.82, 2.24) is 4.90 Å². The fourth-order valence-electron chi connectivity index (χ4n) is 3.32. The third-order valence-electron chi connectivity index (χ3n) is 4.81. The number of hydrogen-bond acceptors (Lipinski definition) is 7. The summed E-state index contributed by atoms with van der Waals surface area (Å²) in [5, 5.41) is -0.537. The number of methoxy groups -OCH3 is 3. The Kier molecular flexibility index (Phi) is 6.95. The van der Waals surface area contributed by atoms with Crippen molar-refractivity contribution >= 4 is 27.5 Å². The lowest BCUT2D eigenvalue weighted by Gasteiger charge is -2.27. The molecule has 11 heteroatoms. The molecular weight excluding hydrogens is 452 g/mol. The molecule has 0 bridgehead atoms. The molecule has 2 aromatic rings. The minimum Gasteiger partial charge on any atom is -0.496 e. The number of nitrogens with zero attached hydrogens (tertiary/aromatic N) is 1. The number of thioether (sulfide) groups is 1. The van der Waals surface area contributed by atoms with Crippen LogP contribution in [0.5, 0.6) is 17.2 Å². The molecule has 168 valence electrons. The molecular formula is C20H21F2NO6S2. The van der Waals surface area contributed by atoms with Gasteiger partial charge in [0.1, 0.15) is 11.1 Å². The van der Waals surface area contributed by atoms with Crippen LogP contribution in [-0.4, -0.2) is 58.6 Å². The second-order valence-corrected chi connectivity index (χ2v) is 9.55. The monoisotopic (exact) mass is 473 g/mol. The van der Waals surface area contributed by atoms with Crippen LogP contribution in [0.25, 0.3) is 0 Å². The molecule has 1 saturated heterocycles. The van der Waals surface area contributed by atoms with E-state index in [0.717, 1.165) is 6.07 Å². The molecule has 31 heavy (non-hydrogen) atoms. The summed E-state index contributed by atoms with van der Waals surface area (Å²) in [7, 11) is -0.512. The lowest BCUT2D eigenvalue weighted by molar-refractivity contribution is 0.0755. The molecule has 2 aromatic carbocycles. The summed E-state index contributed by atoms with van der Waals surface area (Å²) in [5.74, 6) is -2.40. The van der Waals surface area contributed by atoms with Crippen LogP contribution >= 0.6 is 11.8 Å². The zero-order valence-electron chi connectivity index (χ0n) is 17.0. The van der Waals surface area contributed by atoms with Crippen LogP contribution in [-0.2, 0) is 9.84 Å². The average Bonchev–Trinajstić information content (AvgIpc) is 3.27. The molecule has 0 spiro atoms. The van der Waals surface area contributed by atoms with Crippen LogP contribution < -0.4 is 14.2 Å². The van der Waals surface area contributed by atoms with E-state index in [9.17, 15) is 22.0 Å². The number of benzene rings is 2. The van der Waals surface area contributed by atoms with Crippen molar-refractivity contribution in [2.24, 2.45) is 0 Å². The molecule has 7 nitrogen and oxygen atoms in total. The Balaban J connectivity index is 2.06. The van der Waals surface area contributed by atoms with Crippen LogP contribution in [0, 0.1) is 0 Å². The van der Waals surface area contributed by atoms with Gasteiger partial charge in [0.25, 0.3) is 5.91 Å². The van der Waals surface area contributed by atoms with Crippen molar-refractivity contribution < 1.29 is 36.2 Å². The van der Waals surface area contributed by atoms with E-state index in [0.29, 0.717) is 35.1 Å². The number of carbonyl (C=O) groups excluding carboxylic acids is 1. The van der Waals surface area contributed by atoms with Crippen LogP contribution in [0.15, 0.2) is 41.3 Å². The molecule has 1 unspecified atom stereocenters. The third-order valence-corrected chi connectivity index (χ3v) is 7.49. The highest BCUT2D eigenvalue weighted by molar-refractivity contribution is 7.99. The van der Waals surface area contributed by atoms with Gasteiger partial charge in [0.05, 0.1) is 31.8 Å². The summed E-state index contributed by atoms with van der Waals surface area (Å²) in [6, 6.07) is 8.31. The molecule has 0 aromatic heterocycles. The van der Waals surface area contributed by atoms with E-state index in [2.05, 4.69) is 0 Å². The van der Waals surface area contributed by atoms with Crippen molar-refractivity contribution in [2.75, 3.05) is 33.6 Å². The summed E-state index contributed by atoms with van der Waals surface area (Å²) in [4.78, 5) is 14.1. The minimum atomic E-state index is -4.95. The van der Waals surface area contributed by atoms with Crippen molar-refractivity contribution in [1.29, 1.82) is 0 Å². The maximum absolute atomic E-state index is 13.3. The van der Waals surface area contributed by atoms with Gasteiger partial charge in [-0.3, -0.25) is 4.79 Å². The van der Waals surface area contributed by atoms with Crippen LogP contribution in [0.2, 0.25) is 0 Å². The topological polar surface area (TPSA) is 82.1 Å². The molecule has 1 amide bonds. The minimum absolute atomic E-state index is 0.297. The van der Waals surface area contributed by atoms with E-state index in [1.165, 1.54) is 56.2 Å². The predicted molar refractivity (Wildman–Crippen MR) is 112 cm³/mol. The molecule has 1 atom stereocenters. The van der Waals surface area contributed by atoms with Crippen LogP contribution in [0.3, 0.4) is 0 Å². The van der Waals surface area contributed by atoms with Gasteiger partial charge in [0.2, 0.25) is 9.84 Å². The number of alkyl halides is 2. The number of amides is 1. The summed E-state index contributed by atoms with van der Waals surface area (Å²) >= 11 is 1.44. The van der Waals surface area contributed by atoms with E-state index < -0.39 is 31.8 Å². The molecule has 1 aliphatic heterocycles. The number of sulfone groups is 1. The Morgan fingerprint density at radius 1 is 1.06 bits per heavy atom. The molecule has 0 N–H and O–H groups in total. The molecule has 0 aliphatic carbocycles. The molecule has 0 radical (unpaired) electrons. The Morgan fingerprint density at radius 3 is 2.29 bits per heavy atom. The number of hydrogen-bond donors (Lipinski definition) is 0. The maximum Gasteiger partial charge on any atom is 0.341 e. The first-order chi connectivity index (χ1) is 14.8. The normalized spacial score (nSPS) is 16.5. The van der Waals surface area contributed by atoms with Gasteiger partial charge in [0.15, 0.2) is 11.5 Å². The number of halogens is 2. The van der Waals surface area contributed by atoms with Gasteiger partial charge in [-0.25, -0.2) is 8.42 Å². The van der Waals surface area contributed by atoms with Crippen LogP contribution in [0.4, 0.5) is 8.78 Å². The molecule has 1 aliphatic rings. The van der Waals surface area contributed by atoms with E-state index in [1.54, 1.807) is 12.1 Å². The van der Waals surface area contributed by atoms with Gasteiger partial charge in [-0.1, -0.05) is 12.1 Å². The lowest BCUT2D eigenvalue weighted by atomic mass is 10.1. The summed E-state index contributed by atoms with van der Waals surface area (Å²) in [6.45, 7) is 0.300. The van der Waals surface area contributed by atoms with Crippen molar-refractivity contribution in [2.45, 2.75) is 16.0 Å².